The predicted molar refractivity (Wildman–Crippen MR) is 99.2 cm³/mol. The van der Waals surface area contributed by atoms with E-state index in [2.05, 4.69) is 28.2 Å². The van der Waals surface area contributed by atoms with Gasteiger partial charge < -0.3 is 28.7 Å². The van der Waals surface area contributed by atoms with E-state index >= 15 is 0 Å². The highest BCUT2D eigenvalue weighted by molar-refractivity contribution is 5.26. The lowest BCUT2D eigenvalue weighted by atomic mass is 9.98. The van der Waals surface area contributed by atoms with Crippen LogP contribution < -0.4 is 0 Å². The largest absolute Gasteiger partial charge is 0.361 e. The van der Waals surface area contributed by atoms with Crippen molar-refractivity contribution in [2.24, 2.45) is 0 Å². The Labute approximate surface area is 156 Å². The molecule has 2 unspecified atom stereocenters. The SMILES string of the molecule is C[N+]1(C)CCOC(O)(CCc2ccc(C3(O)C[N+](C)(C)CCO3)cc2)C1. The number of hydrogen-bond acceptors (Lipinski definition) is 4. The fraction of sp³-hybridized carbons (Fsp3) is 0.700. The summed E-state index contributed by atoms with van der Waals surface area (Å²) in [6.07, 6.45) is 1.30. The molecule has 0 aliphatic carbocycles. The van der Waals surface area contributed by atoms with Crippen LogP contribution in [0.1, 0.15) is 17.5 Å². The third-order valence-corrected chi connectivity index (χ3v) is 5.63. The van der Waals surface area contributed by atoms with Gasteiger partial charge in [0, 0.05) is 12.0 Å². The van der Waals surface area contributed by atoms with Gasteiger partial charge in [-0.15, -0.1) is 0 Å². The van der Waals surface area contributed by atoms with E-state index in [0.29, 0.717) is 32.7 Å². The lowest BCUT2D eigenvalue weighted by Crippen LogP contribution is -2.59. The molecule has 2 aliphatic rings. The van der Waals surface area contributed by atoms with E-state index in [1.165, 1.54) is 0 Å². The quantitative estimate of drug-likeness (QED) is 0.769. The first-order chi connectivity index (χ1) is 12.0. The Morgan fingerprint density at radius 3 is 2.04 bits per heavy atom. The van der Waals surface area contributed by atoms with E-state index in [1.54, 1.807) is 0 Å². The van der Waals surface area contributed by atoms with Crippen molar-refractivity contribution in [1.82, 2.24) is 0 Å². The van der Waals surface area contributed by atoms with Crippen molar-refractivity contribution in [2.75, 3.05) is 67.6 Å². The molecule has 0 aromatic heterocycles. The monoisotopic (exact) mass is 366 g/mol. The van der Waals surface area contributed by atoms with Crippen LogP contribution >= 0.6 is 0 Å². The number of hydrogen-bond donors (Lipinski definition) is 2. The van der Waals surface area contributed by atoms with Gasteiger partial charge >= 0.3 is 0 Å². The summed E-state index contributed by atoms with van der Waals surface area (Å²) in [6, 6.07) is 7.90. The molecule has 2 heterocycles. The molecular weight excluding hydrogens is 332 g/mol. The topological polar surface area (TPSA) is 58.9 Å². The Kier molecular flexibility index (Phi) is 5.20. The fourth-order valence-electron chi connectivity index (χ4n) is 4.04. The number of aryl methyl sites for hydroxylation is 1. The molecule has 2 aliphatic heterocycles. The highest BCUT2D eigenvalue weighted by atomic mass is 16.6. The van der Waals surface area contributed by atoms with Gasteiger partial charge in [0.25, 0.3) is 0 Å². The van der Waals surface area contributed by atoms with Crippen LogP contribution in [0.5, 0.6) is 0 Å². The molecule has 3 rings (SSSR count). The Morgan fingerprint density at radius 1 is 0.885 bits per heavy atom. The number of aliphatic hydroxyl groups is 2. The van der Waals surface area contributed by atoms with E-state index in [0.717, 1.165) is 39.6 Å². The third kappa shape index (κ3) is 4.63. The van der Waals surface area contributed by atoms with Gasteiger partial charge in [-0.25, -0.2) is 0 Å². The Morgan fingerprint density at radius 2 is 1.46 bits per heavy atom. The lowest BCUT2D eigenvalue weighted by molar-refractivity contribution is -0.912. The number of likely N-dealkylation sites (N-methyl/N-ethyl adjacent to an activating group) is 2. The zero-order chi connectivity index (χ0) is 19.1. The van der Waals surface area contributed by atoms with Crippen molar-refractivity contribution < 1.29 is 28.7 Å². The van der Waals surface area contributed by atoms with Crippen molar-refractivity contribution in [3.05, 3.63) is 35.4 Å². The summed E-state index contributed by atoms with van der Waals surface area (Å²) in [5, 5.41) is 21.6. The molecule has 0 saturated carbocycles. The van der Waals surface area contributed by atoms with Gasteiger partial charge in [0.1, 0.15) is 26.2 Å². The van der Waals surface area contributed by atoms with Crippen LogP contribution in [-0.2, 0) is 21.7 Å². The first-order valence-corrected chi connectivity index (χ1v) is 9.47. The van der Waals surface area contributed by atoms with Crippen molar-refractivity contribution in [1.29, 1.82) is 0 Å². The second-order valence-corrected chi connectivity index (χ2v) is 9.26. The van der Waals surface area contributed by atoms with Crippen LogP contribution in [-0.4, -0.2) is 92.5 Å². The van der Waals surface area contributed by atoms with Crippen LogP contribution in [0, 0.1) is 0 Å². The highest BCUT2D eigenvalue weighted by Gasteiger charge is 2.42. The van der Waals surface area contributed by atoms with Gasteiger partial charge in [-0.3, -0.25) is 0 Å². The van der Waals surface area contributed by atoms with Gasteiger partial charge in [0.15, 0.2) is 0 Å². The smallest absolute Gasteiger partial charge is 0.243 e. The zero-order valence-corrected chi connectivity index (χ0v) is 16.6. The Balaban J connectivity index is 1.63. The second-order valence-electron chi connectivity index (χ2n) is 9.26. The van der Waals surface area contributed by atoms with Crippen molar-refractivity contribution >= 4 is 0 Å². The first-order valence-electron chi connectivity index (χ1n) is 9.47. The molecule has 6 nitrogen and oxygen atoms in total. The Bertz CT molecular complexity index is 631. The minimum atomic E-state index is -1.23. The van der Waals surface area contributed by atoms with Gasteiger partial charge in [-0.05, 0) is 12.0 Å². The van der Waals surface area contributed by atoms with Crippen LogP contribution in [0.2, 0.25) is 0 Å². The maximum absolute atomic E-state index is 10.9. The van der Waals surface area contributed by atoms with Crippen molar-refractivity contribution in [2.45, 2.75) is 24.4 Å². The van der Waals surface area contributed by atoms with Crippen LogP contribution in [0.15, 0.2) is 24.3 Å². The maximum Gasteiger partial charge on any atom is 0.243 e. The van der Waals surface area contributed by atoms with Gasteiger partial charge in [-0.2, -0.15) is 0 Å². The average Bonchev–Trinajstić information content (AvgIpc) is 2.51. The number of nitrogens with zero attached hydrogens (tertiary/aromatic N) is 2. The van der Waals surface area contributed by atoms with E-state index in [-0.39, 0.29) is 0 Å². The fourth-order valence-corrected chi connectivity index (χ4v) is 4.04. The van der Waals surface area contributed by atoms with E-state index < -0.39 is 11.6 Å². The number of morpholine rings is 2. The minimum absolute atomic E-state index is 0.535. The van der Waals surface area contributed by atoms with Gasteiger partial charge in [0.05, 0.1) is 41.4 Å². The van der Waals surface area contributed by atoms with E-state index in [4.69, 9.17) is 9.47 Å². The number of ether oxygens (including phenoxy) is 2. The number of rotatable bonds is 4. The molecule has 1 aromatic rings. The summed E-state index contributed by atoms with van der Waals surface area (Å²) in [4.78, 5) is 0. The van der Waals surface area contributed by atoms with Crippen LogP contribution in [0.3, 0.4) is 0 Å². The molecule has 0 bridgehead atoms. The average molecular weight is 367 g/mol. The summed E-state index contributed by atoms with van der Waals surface area (Å²) < 4.78 is 12.9. The molecule has 2 atom stereocenters. The molecule has 26 heavy (non-hydrogen) atoms. The molecule has 146 valence electrons. The summed E-state index contributed by atoms with van der Waals surface area (Å²) in [7, 11) is 8.44. The Hall–Kier alpha value is -1.02. The molecule has 6 heteroatoms. The third-order valence-electron chi connectivity index (χ3n) is 5.63. The number of benzene rings is 1. The molecule has 2 saturated heterocycles. The lowest BCUT2D eigenvalue weighted by Gasteiger charge is -2.43. The first kappa shape index (κ1) is 19.7. The molecule has 1 aromatic carbocycles. The minimum Gasteiger partial charge on any atom is -0.361 e. The van der Waals surface area contributed by atoms with E-state index in [1.807, 2.05) is 24.3 Å². The van der Waals surface area contributed by atoms with Crippen molar-refractivity contribution in [3.63, 3.8) is 0 Å². The van der Waals surface area contributed by atoms with Crippen molar-refractivity contribution in [3.8, 4) is 0 Å². The van der Waals surface area contributed by atoms with Crippen LogP contribution in [0.4, 0.5) is 0 Å². The van der Waals surface area contributed by atoms with Gasteiger partial charge in [0.2, 0.25) is 11.6 Å². The normalized spacial score (nSPS) is 33.8. The number of quaternary nitrogens is 2. The summed E-state index contributed by atoms with van der Waals surface area (Å²) >= 11 is 0. The highest BCUT2D eigenvalue weighted by Crippen LogP contribution is 2.30. The molecule has 0 spiro atoms. The second kappa shape index (κ2) is 6.86. The van der Waals surface area contributed by atoms with Crippen LogP contribution in [0.25, 0.3) is 0 Å². The molecule has 0 radical (unpaired) electrons. The molecule has 2 N–H and O–H groups in total. The zero-order valence-electron chi connectivity index (χ0n) is 16.6. The maximum atomic E-state index is 10.9. The summed E-state index contributed by atoms with van der Waals surface area (Å²) in [5.74, 6) is -2.29. The van der Waals surface area contributed by atoms with Gasteiger partial charge in [-0.1, -0.05) is 24.3 Å². The summed E-state index contributed by atoms with van der Waals surface area (Å²) in [5.41, 5.74) is 1.91. The standard InChI is InChI=1S/C20H34N2O4/c1-21(2)11-13-25-19(23,15-21)10-9-17-5-7-18(8-6-17)20(24)16-22(3,4)12-14-26-20/h5-8,23-24H,9-16H2,1-4H3/q+2. The van der Waals surface area contributed by atoms with E-state index in [9.17, 15) is 10.2 Å². The molecular formula is C20H34N2O4+2. The molecule has 0 amide bonds. The summed E-state index contributed by atoms with van der Waals surface area (Å²) in [6.45, 7) is 4.08. The molecule has 2 fully saturated rings. The predicted octanol–water partition coefficient (Wildman–Crippen LogP) is 0.666.